The second kappa shape index (κ2) is 19.0. The lowest BCUT2D eigenvalue weighted by molar-refractivity contribution is -0.290. The van der Waals surface area contributed by atoms with Crippen molar-refractivity contribution in [2.45, 2.75) is 151 Å². The average molecular weight is 984 g/mol. The van der Waals surface area contributed by atoms with Crippen LogP contribution in [0.15, 0.2) is 53.6 Å². The lowest BCUT2D eigenvalue weighted by Gasteiger charge is -2.43. The van der Waals surface area contributed by atoms with Crippen molar-refractivity contribution >= 4 is 28.3 Å². The monoisotopic (exact) mass is 983 g/mol. The summed E-state index contributed by atoms with van der Waals surface area (Å²) < 4.78 is 62.5. The number of pyridine rings is 1. The molecule has 376 valence electrons. The first-order valence-electron chi connectivity index (χ1n) is 23.2. The van der Waals surface area contributed by atoms with Gasteiger partial charge in [0.1, 0.15) is 36.3 Å². The summed E-state index contributed by atoms with van der Waals surface area (Å²) in [5, 5.41) is 60.2. The van der Waals surface area contributed by atoms with Gasteiger partial charge in [0.25, 0.3) is 5.91 Å². The van der Waals surface area contributed by atoms with Gasteiger partial charge in [-0.2, -0.15) is 0 Å². The van der Waals surface area contributed by atoms with Crippen LogP contribution in [0.5, 0.6) is 28.7 Å². The number of likely N-dealkylation sites (N-methyl/N-ethyl adjacent to an activating group) is 1. The zero-order chi connectivity index (χ0) is 49.4. The zero-order valence-corrected chi connectivity index (χ0v) is 40.7. The number of halogens is 1. The van der Waals surface area contributed by atoms with Gasteiger partial charge in [-0.15, -0.1) is 0 Å². The third-order valence-electron chi connectivity index (χ3n) is 13.9. The van der Waals surface area contributed by atoms with E-state index in [-0.39, 0.29) is 66.0 Å². The third kappa shape index (κ3) is 9.26. The maximum Gasteiger partial charge on any atom is 0.255 e. The SMILES string of the molecule is COc1c(OC(C)C)cc2cc(O)c(C(=O)NC3Cc4ccc(c(Cl)n4)O[C@H]4C=C5C(=C[C@@H]6OC56[C@@H]4O[C@H]4C[C@@](C)(O)[C@@H](O)[C@H](C)O4)C(O[C@H]4C[C@H](O)[C@H](N(C)C)[C@H](C)O4)CO[C@H]3O)cc2c1OC. The normalized spacial score (nSPS) is 36.3. The fourth-order valence-corrected chi connectivity index (χ4v) is 10.8. The highest BCUT2D eigenvalue weighted by atomic mass is 35.5. The van der Waals surface area contributed by atoms with Crippen molar-refractivity contribution in [2.75, 3.05) is 34.9 Å². The molecule has 5 aliphatic heterocycles. The van der Waals surface area contributed by atoms with Crippen LogP contribution in [0.25, 0.3) is 10.8 Å². The number of aliphatic hydroxyl groups is 4. The van der Waals surface area contributed by atoms with Gasteiger partial charge in [0.05, 0.1) is 68.5 Å². The largest absolute Gasteiger partial charge is 0.507 e. The van der Waals surface area contributed by atoms with Crippen LogP contribution >= 0.6 is 11.6 Å². The number of nitrogens with one attached hydrogen (secondary N) is 1. The summed E-state index contributed by atoms with van der Waals surface area (Å²) in [6.07, 6.45) is -6.40. The van der Waals surface area contributed by atoms with Crippen LogP contribution in [0.4, 0.5) is 0 Å². The number of fused-ring (bicyclic) bond motifs is 8. The minimum absolute atomic E-state index is 0.0272. The molecular weight excluding hydrogens is 922 g/mol. The minimum atomic E-state index is -1.71. The Morgan fingerprint density at radius 2 is 1.74 bits per heavy atom. The Hall–Kier alpha value is -4.35. The molecular formula is C49H62ClN3O16. The van der Waals surface area contributed by atoms with Crippen molar-refractivity contribution in [1.82, 2.24) is 15.2 Å². The number of methoxy groups -OCH3 is 2. The van der Waals surface area contributed by atoms with Crippen molar-refractivity contribution in [3.05, 3.63) is 70.0 Å². The van der Waals surface area contributed by atoms with Crippen LogP contribution in [0.1, 0.15) is 63.5 Å². The first-order valence-corrected chi connectivity index (χ1v) is 23.6. The van der Waals surface area contributed by atoms with Gasteiger partial charge in [-0.1, -0.05) is 11.6 Å². The number of ether oxygens (including phenoxy) is 10. The number of hydrogen-bond donors (Lipinski definition) is 6. The van der Waals surface area contributed by atoms with Gasteiger partial charge in [-0.05, 0) is 108 Å². The highest BCUT2D eigenvalue weighted by molar-refractivity contribution is 6.30. The molecule has 3 fully saturated rings. The highest BCUT2D eigenvalue weighted by Crippen LogP contribution is 2.61. The lowest BCUT2D eigenvalue weighted by Crippen LogP contribution is -2.57. The molecule has 3 unspecified atom stereocenters. The lowest BCUT2D eigenvalue weighted by atomic mass is 9.88. The number of carbonyl (C=O) groups is 1. The third-order valence-corrected chi connectivity index (χ3v) is 14.1. The molecule has 4 bridgehead atoms. The smallest absolute Gasteiger partial charge is 0.255 e. The topological polar surface area (TPSA) is 242 Å². The fourth-order valence-electron chi connectivity index (χ4n) is 10.6. The minimum Gasteiger partial charge on any atom is -0.507 e. The van der Waals surface area contributed by atoms with Gasteiger partial charge in [0.15, 0.2) is 46.9 Å². The van der Waals surface area contributed by atoms with Crippen LogP contribution in [-0.4, -0.2) is 173 Å². The van der Waals surface area contributed by atoms with E-state index in [0.29, 0.717) is 39.1 Å². The summed E-state index contributed by atoms with van der Waals surface area (Å²) in [5.41, 5.74) is -1.13. The molecule has 6 heterocycles. The van der Waals surface area contributed by atoms with E-state index in [0.717, 1.165) is 0 Å². The first-order chi connectivity index (χ1) is 32.7. The summed E-state index contributed by atoms with van der Waals surface area (Å²) in [6.45, 7) is 8.48. The molecule has 0 radical (unpaired) electrons. The standard InChI is InChI=1S/C49H62ClN3O16/c1-21(2)63-34-13-24-12-31(54)28(15-26(24)41(60-8)42(34)61-9)46(57)52-30-14-25-10-11-33(45(50)51-25)66-35-17-29-27(36(20-62-47(30)58)67-38-18-32(55)40(53(6)7)22(3)64-38)16-37-49(29,69-37)44(35)68-39-19-48(5,59)43(56)23(4)65-39/h10-13,15-17,21-23,30,32,35-40,43-44,47,54-56,58-59H,14,18-20H2,1-9H3,(H,52,57)/t22-,23-,30?,32-,35-,36?,37-,38-,39-,40+,43-,44+,47+,48+,49?/m0/s1. The molecule has 1 aromatic heterocycles. The van der Waals surface area contributed by atoms with Crippen LogP contribution < -0.4 is 24.3 Å². The summed E-state index contributed by atoms with van der Waals surface area (Å²) in [4.78, 5) is 20.8. The molecule has 20 heteroatoms. The highest BCUT2D eigenvalue weighted by Gasteiger charge is 2.73. The summed E-state index contributed by atoms with van der Waals surface area (Å²) in [5.74, 6) is 0.0523. The van der Waals surface area contributed by atoms with Crippen molar-refractivity contribution in [3.63, 3.8) is 0 Å². The number of phenols is 1. The number of benzene rings is 2. The molecule has 69 heavy (non-hydrogen) atoms. The van der Waals surface area contributed by atoms with E-state index >= 15 is 0 Å². The Kier molecular flexibility index (Phi) is 13.7. The summed E-state index contributed by atoms with van der Waals surface area (Å²) >= 11 is 6.85. The Labute approximate surface area is 404 Å². The van der Waals surface area contributed by atoms with Crippen LogP contribution in [0, 0.1) is 0 Å². The van der Waals surface area contributed by atoms with E-state index < -0.39 is 90.9 Å². The van der Waals surface area contributed by atoms with Crippen molar-refractivity contribution in [2.24, 2.45) is 0 Å². The summed E-state index contributed by atoms with van der Waals surface area (Å²) in [6, 6.07) is 6.33. The Morgan fingerprint density at radius 1 is 1.00 bits per heavy atom. The van der Waals surface area contributed by atoms with Crippen molar-refractivity contribution in [3.8, 4) is 28.7 Å². The van der Waals surface area contributed by atoms with E-state index in [9.17, 15) is 30.3 Å². The molecule has 19 nitrogen and oxygen atoms in total. The van der Waals surface area contributed by atoms with Gasteiger partial charge >= 0.3 is 0 Å². The molecule has 7 aliphatic rings. The number of aromatic hydroxyl groups is 1. The maximum absolute atomic E-state index is 14.3. The first kappa shape index (κ1) is 49.6. The number of carbonyl (C=O) groups excluding carboxylic acids is 1. The van der Waals surface area contributed by atoms with Crippen LogP contribution in [-0.2, 0) is 34.8 Å². The molecule has 0 saturated carbocycles. The number of rotatable bonds is 11. The Morgan fingerprint density at radius 3 is 2.41 bits per heavy atom. The van der Waals surface area contributed by atoms with Crippen molar-refractivity contribution < 1.29 is 77.7 Å². The number of amides is 1. The van der Waals surface area contributed by atoms with E-state index in [4.69, 9.17) is 59.0 Å². The molecule has 6 N–H and O–H groups in total. The fraction of sp³-hybridized carbons (Fsp3) is 0.592. The van der Waals surface area contributed by atoms with Gasteiger partial charge in [0, 0.05) is 30.3 Å². The predicted octanol–water partition coefficient (Wildman–Crippen LogP) is 3.30. The number of aromatic nitrogens is 1. The molecule has 2 aliphatic carbocycles. The Balaban J connectivity index is 1.06. The number of phenolic OH excluding ortho intramolecular Hbond substituents is 1. The second-order valence-electron chi connectivity index (χ2n) is 19.4. The number of aliphatic hydroxyl groups excluding tert-OH is 3. The molecule has 3 aromatic rings. The van der Waals surface area contributed by atoms with E-state index in [2.05, 4.69) is 10.3 Å². The van der Waals surface area contributed by atoms with Gasteiger partial charge in [-0.3, -0.25) is 4.79 Å². The van der Waals surface area contributed by atoms with E-state index in [1.807, 2.05) is 51.9 Å². The number of hydrogen-bond acceptors (Lipinski definition) is 18. The summed E-state index contributed by atoms with van der Waals surface area (Å²) in [7, 11) is 6.66. The second-order valence-corrected chi connectivity index (χ2v) is 19.8. The number of nitrogens with zero attached hydrogens (tertiary/aromatic N) is 2. The molecule has 10 rings (SSSR count). The van der Waals surface area contributed by atoms with Gasteiger partial charge < -0.3 is 83.1 Å². The molecule has 1 spiro atoms. The Bertz CT molecular complexity index is 2490. The molecule has 15 atom stereocenters. The van der Waals surface area contributed by atoms with Gasteiger partial charge in [0.2, 0.25) is 5.75 Å². The van der Waals surface area contributed by atoms with Crippen molar-refractivity contribution in [1.29, 1.82) is 0 Å². The zero-order valence-electron chi connectivity index (χ0n) is 40.0. The van der Waals surface area contributed by atoms with E-state index in [1.54, 1.807) is 25.1 Å². The molecule has 3 saturated heterocycles. The number of epoxide rings is 1. The van der Waals surface area contributed by atoms with Crippen LogP contribution in [0.3, 0.4) is 0 Å². The maximum atomic E-state index is 14.3. The average Bonchev–Trinajstić information content (AvgIpc) is 3.79. The van der Waals surface area contributed by atoms with E-state index in [1.165, 1.54) is 33.3 Å². The van der Waals surface area contributed by atoms with Gasteiger partial charge in [-0.25, -0.2) is 4.98 Å². The molecule has 1 amide bonds. The quantitative estimate of drug-likeness (QED) is 0.119. The molecule has 2 aromatic carbocycles. The predicted molar refractivity (Wildman–Crippen MR) is 247 cm³/mol. The van der Waals surface area contributed by atoms with Crippen LogP contribution in [0.2, 0.25) is 5.15 Å².